The molecule has 0 aliphatic carbocycles. The van der Waals surface area contributed by atoms with E-state index in [1.807, 2.05) is 24.3 Å². The number of para-hydroxylation sites is 2. The van der Waals surface area contributed by atoms with Crippen LogP contribution in [-0.2, 0) is 13.0 Å². The number of thiophene rings is 1. The molecule has 2 aromatic heterocycles. The van der Waals surface area contributed by atoms with E-state index in [9.17, 15) is 9.59 Å². The fourth-order valence-electron chi connectivity index (χ4n) is 2.62. The number of benzene rings is 1. The predicted molar refractivity (Wildman–Crippen MR) is 92.7 cm³/mol. The Bertz CT molecular complexity index is 898. The second-order valence-electron chi connectivity index (χ2n) is 5.24. The standard InChI is InChI=1S/C17H17N3O3S/c1-2-20-12-6-4-3-5-11(12)19-15(20)9-10-18-16(21)13-7-8-14(24-13)17(22)23/h3-8H,2,9-10H2,1H3,(H,18,21)(H,22,23). The summed E-state index contributed by atoms with van der Waals surface area (Å²) in [5.74, 6) is -0.348. The summed E-state index contributed by atoms with van der Waals surface area (Å²) in [6, 6.07) is 10.9. The number of rotatable bonds is 6. The van der Waals surface area contributed by atoms with Gasteiger partial charge in [0.05, 0.1) is 15.9 Å². The van der Waals surface area contributed by atoms with E-state index >= 15 is 0 Å². The van der Waals surface area contributed by atoms with Gasteiger partial charge >= 0.3 is 5.97 Å². The Morgan fingerprint density at radius 2 is 1.96 bits per heavy atom. The van der Waals surface area contributed by atoms with Crippen LogP contribution in [0.3, 0.4) is 0 Å². The van der Waals surface area contributed by atoms with Crippen molar-refractivity contribution in [1.29, 1.82) is 0 Å². The van der Waals surface area contributed by atoms with E-state index in [0.29, 0.717) is 17.8 Å². The summed E-state index contributed by atoms with van der Waals surface area (Å²) in [4.78, 5) is 28.1. The first-order valence-corrected chi connectivity index (χ1v) is 8.47. The van der Waals surface area contributed by atoms with E-state index in [4.69, 9.17) is 5.11 Å². The summed E-state index contributed by atoms with van der Waals surface area (Å²) >= 11 is 0.974. The van der Waals surface area contributed by atoms with Crippen molar-refractivity contribution in [2.45, 2.75) is 19.9 Å². The number of carbonyl (C=O) groups is 2. The molecule has 124 valence electrons. The molecule has 0 radical (unpaired) electrons. The minimum absolute atomic E-state index is 0.160. The van der Waals surface area contributed by atoms with Crippen molar-refractivity contribution < 1.29 is 14.7 Å². The lowest BCUT2D eigenvalue weighted by Crippen LogP contribution is -2.25. The van der Waals surface area contributed by atoms with E-state index in [1.54, 1.807) is 0 Å². The molecule has 0 spiro atoms. The second kappa shape index (κ2) is 6.84. The molecular formula is C17H17N3O3S. The lowest BCUT2D eigenvalue weighted by Gasteiger charge is -2.07. The van der Waals surface area contributed by atoms with Crippen molar-refractivity contribution in [2.75, 3.05) is 6.54 Å². The van der Waals surface area contributed by atoms with Gasteiger partial charge in [0.1, 0.15) is 10.7 Å². The molecule has 7 heteroatoms. The number of carboxylic acids is 1. The molecule has 1 amide bonds. The zero-order valence-corrected chi connectivity index (χ0v) is 14.0. The summed E-state index contributed by atoms with van der Waals surface area (Å²) in [7, 11) is 0. The number of carboxylic acid groups (broad SMARTS) is 1. The van der Waals surface area contributed by atoms with Gasteiger partial charge in [-0.2, -0.15) is 0 Å². The third-order valence-corrected chi connectivity index (χ3v) is 4.80. The highest BCUT2D eigenvalue weighted by atomic mass is 32.1. The second-order valence-corrected chi connectivity index (χ2v) is 6.32. The SMILES string of the molecule is CCn1c(CCNC(=O)c2ccc(C(=O)O)s2)nc2ccccc21. The van der Waals surface area contributed by atoms with Gasteiger partial charge in [0.25, 0.3) is 5.91 Å². The average Bonchev–Trinajstić information content (AvgIpc) is 3.19. The molecule has 3 rings (SSSR count). The third-order valence-electron chi connectivity index (χ3n) is 3.72. The van der Waals surface area contributed by atoms with Crippen LogP contribution in [0.4, 0.5) is 0 Å². The quantitative estimate of drug-likeness (QED) is 0.721. The van der Waals surface area contributed by atoms with Crippen molar-refractivity contribution in [3.05, 3.63) is 52.0 Å². The molecule has 3 aromatic rings. The van der Waals surface area contributed by atoms with Crippen molar-refractivity contribution in [2.24, 2.45) is 0 Å². The van der Waals surface area contributed by atoms with Gasteiger partial charge in [-0.1, -0.05) is 12.1 Å². The maximum Gasteiger partial charge on any atom is 0.345 e. The number of nitrogens with zero attached hydrogens (tertiary/aromatic N) is 2. The van der Waals surface area contributed by atoms with Crippen LogP contribution < -0.4 is 5.32 Å². The van der Waals surface area contributed by atoms with Crippen molar-refractivity contribution in [1.82, 2.24) is 14.9 Å². The number of fused-ring (bicyclic) bond motifs is 1. The van der Waals surface area contributed by atoms with Crippen LogP contribution in [0.5, 0.6) is 0 Å². The van der Waals surface area contributed by atoms with E-state index < -0.39 is 5.97 Å². The van der Waals surface area contributed by atoms with Gasteiger partial charge in [-0.3, -0.25) is 4.79 Å². The van der Waals surface area contributed by atoms with Gasteiger partial charge in [-0.05, 0) is 31.2 Å². The fourth-order valence-corrected chi connectivity index (χ4v) is 3.38. The van der Waals surface area contributed by atoms with Crippen molar-refractivity contribution in [3.63, 3.8) is 0 Å². The van der Waals surface area contributed by atoms with Gasteiger partial charge in [0.15, 0.2) is 0 Å². The van der Waals surface area contributed by atoms with E-state index in [0.717, 1.165) is 34.7 Å². The molecule has 0 saturated carbocycles. The first-order valence-electron chi connectivity index (χ1n) is 7.65. The van der Waals surface area contributed by atoms with Crippen LogP contribution in [-0.4, -0.2) is 33.1 Å². The highest BCUT2D eigenvalue weighted by molar-refractivity contribution is 7.15. The van der Waals surface area contributed by atoms with Gasteiger partial charge in [-0.25, -0.2) is 9.78 Å². The molecule has 0 fully saturated rings. The number of carbonyl (C=O) groups excluding carboxylic acids is 1. The summed E-state index contributed by atoms with van der Waals surface area (Å²) in [6.07, 6.45) is 0.616. The van der Waals surface area contributed by atoms with E-state index in [-0.39, 0.29) is 10.8 Å². The maximum absolute atomic E-state index is 12.1. The fraction of sp³-hybridized carbons (Fsp3) is 0.235. The summed E-state index contributed by atoms with van der Waals surface area (Å²) in [5.41, 5.74) is 2.04. The highest BCUT2D eigenvalue weighted by Crippen LogP contribution is 2.17. The number of aryl methyl sites for hydroxylation is 1. The summed E-state index contributed by atoms with van der Waals surface area (Å²) in [5, 5.41) is 11.7. The van der Waals surface area contributed by atoms with E-state index in [1.165, 1.54) is 12.1 Å². The molecule has 0 aliphatic rings. The number of hydrogen-bond donors (Lipinski definition) is 2. The summed E-state index contributed by atoms with van der Waals surface area (Å²) < 4.78 is 2.13. The van der Waals surface area contributed by atoms with Gasteiger partial charge < -0.3 is 15.0 Å². The molecule has 6 nitrogen and oxygen atoms in total. The van der Waals surface area contributed by atoms with Crippen molar-refractivity contribution >= 4 is 34.2 Å². The zero-order chi connectivity index (χ0) is 17.1. The lowest BCUT2D eigenvalue weighted by molar-refractivity contribution is 0.0702. The first kappa shape index (κ1) is 16.2. The van der Waals surface area contributed by atoms with Gasteiger partial charge in [-0.15, -0.1) is 11.3 Å². The van der Waals surface area contributed by atoms with Crippen LogP contribution >= 0.6 is 11.3 Å². The topological polar surface area (TPSA) is 84.2 Å². The van der Waals surface area contributed by atoms with Crippen LogP contribution in [0.1, 0.15) is 32.1 Å². The maximum atomic E-state index is 12.1. The number of hydrogen-bond acceptors (Lipinski definition) is 4. The minimum atomic E-state index is -1.02. The number of nitrogens with one attached hydrogen (secondary N) is 1. The van der Waals surface area contributed by atoms with Crippen LogP contribution in [0.2, 0.25) is 0 Å². The summed E-state index contributed by atoms with van der Waals surface area (Å²) in [6.45, 7) is 3.33. The van der Waals surface area contributed by atoms with Crippen LogP contribution in [0, 0.1) is 0 Å². The molecule has 24 heavy (non-hydrogen) atoms. The van der Waals surface area contributed by atoms with Gasteiger partial charge in [0, 0.05) is 19.5 Å². The Morgan fingerprint density at radius 1 is 1.21 bits per heavy atom. The molecule has 1 aromatic carbocycles. The number of aromatic carboxylic acids is 1. The van der Waals surface area contributed by atoms with Crippen LogP contribution in [0.15, 0.2) is 36.4 Å². The molecular weight excluding hydrogens is 326 g/mol. The molecule has 0 bridgehead atoms. The Kier molecular flexibility index (Phi) is 4.61. The highest BCUT2D eigenvalue weighted by Gasteiger charge is 2.13. The third kappa shape index (κ3) is 3.16. The smallest absolute Gasteiger partial charge is 0.345 e. The Hall–Kier alpha value is -2.67. The normalized spacial score (nSPS) is 10.9. The lowest BCUT2D eigenvalue weighted by atomic mass is 10.3. The molecule has 2 heterocycles. The monoisotopic (exact) mass is 343 g/mol. The largest absolute Gasteiger partial charge is 0.477 e. The van der Waals surface area contributed by atoms with Gasteiger partial charge in [0.2, 0.25) is 0 Å². The minimum Gasteiger partial charge on any atom is -0.477 e. The number of amides is 1. The van der Waals surface area contributed by atoms with E-state index in [2.05, 4.69) is 21.8 Å². The Balaban J connectivity index is 1.65. The molecule has 0 saturated heterocycles. The van der Waals surface area contributed by atoms with Crippen LogP contribution in [0.25, 0.3) is 11.0 Å². The Morgan fingerprint density at radius 3 is 2.67 bits per heavy atom. The number of aromatic nitrogens is 2. The number of imidazole rings is 1. The average molecular weight is 343 g/mol. The molecule has 0 atom stereocenters. The predicted octanol–water partition coefficient (Wildman–Crippen LogP) is 2.79. The first-order chi connectivity index (χ1) is 11.6. The zero-order valence-electron chi connectivity index (χ0n) is 13.2. The molecule has 0 unspecified atom stereocenters. The molecule has 0 aliphatic heterocycles. The van der Waals surface area contributed by atoms with Crippen molar-refractivity contribution in [3.8, 4) is 0 Å². The molecule has 2 N–H and O–H groups in total. The Labute approximate surface area is 142 Å².